The van der Waals surface area contributed by atoms with Gasteiger partial charge < -0.3 is 19.8 Å². The number of ether oxygens (including phenoxy) is 1. The van der Waals surface area contributed by atoms with Crippen LogP contribution in [0.2, 0.25) is 5.02 Å². The molecule has 2 heterocycles. The van der Waals surface area contributed by atoms with Crippen LogP contribution < -0.4 is 10.6 Å². The number of furan rings is 1. The number of anilines is 2. The number of amides is 2. The zero-order valence-electron chi connectivity index (χ0n) is 15.7. The molecule has 1 aliphatic rings. The Balaban J connectivity index is 1.49. The lowest BCUT2D eigenvalue weighted by Gasteiger charge is -2.30. The summed E-state index contributed by atoms with van der Waals surface area (Å²) in [6.45, 7) is 2.43. The largest absolute Gasteiger partial charge is 0.468 e. The standard InChI is InChI=1S/C20H24ClN3O4/c1-27-13-19(25)23-18-5-4-15(11-17(18)21)22-20(26)14-6-8-24(9-7-14)12-16-3-2-10-28-16/h2-5,10-11,14H,6-9,12-13H2,1H3,(H,22,26)(H,23,25). The minimum Gasteiger partial charge on any atom is -0.468 e. The van der Waals surface area contributed by atoms with Gasteiger partial charge in [-0.2, -0.15) is 0 Å². The number of piperidine rings is 1. The van der Waals surface area contributed by atoms with Crippen LogP contribution in [0, 0.1) is 5.92 Å². The van der Waals surface area contributed by atoms with E-state index in [1.807, 2.05) is 12.1 Å². The molecule has 3 rings (SSSR count). The van der Waals surface area contributed by atoms with Crippen molar-refractivity contribution in [3.8, 4) is 0 Å². The molecule has 0 bridgehead atoms. The Morgan fingerprint density at radius 3 is 2.68 bits per heavy atom. The highest BCUT2D eigenvalue weighted by Gasteiger charge is 2.25. The molecule has 28 heavy (non-hydrogen) atoms. The van der Waals surface area contributed by atoms with E-state index in [0.717, 1.165) is 38.2 Å². The molecule has 150 valence electrons. The zero-order valence-corrected chi connectivity index (χ0v) is 16.5. The molecule has 0 saturated carbocycles. The Bertz CT molecular complexity index is 802. The minimum absolute atomic E-state index is 0.00937. The average Bonchev–Trinajstić information content (AvgIpc) is 3.18. The number of carbonyl (C=O) groups excluding carboxylic acids is 2. The Morgan fingerprint density at radius 1 is 1.25 bits per heavy atom. The van der Waals surface area contributed by atoms with Crippen molar-refractivity contribution in [2.45, 2.75) is 19.4 Å². The molecule has 0 spiro atoms. The quantitative estimate of drug-likeness (QED) is 0.737. The number of methoxy groups -OCH3 is 1. The molecular weight excluding hydrogens is 382 g/mol. The summed E-state index contributed by atoms with van der Waals surface area (Å²) in [6, 6.07) is 8.86. The molecule has 2 amide bonds. The Labute approximate surface area is 169 Å². The van der Waals surface area contributed by atoms with Gasteiger partial charge in [0, 0.05) is 18.7 Å². The highest BCUT2D eigenvalue weighted by molar-refractivity contribution is 6.34. The molecule has 2 N–H and O–H groups in total. The Hall–Kier alpha value is -2.35. The summed E-state index contributed by atoms with van der Waals surface area (Å²) in [6.07, 6.45) is 3.27. The second kappa shape index (κ2) is 9.73. The van der Waals surface area contributed by atoms with Crippen molar-refractivity contribution in [3.63, 3.8) is 0 Å². The third kappa shape index (κ3) is 5.58. The van der Waals surface area contributed by atoms with Crippen LogP contribution in [-0.2, 0) is 20.9 Å². The van der Waals surface area contributed by atoms with Crippen LogP contribution in [0.1, 0.15) is 18.6 Å². The van der Waals surface area contributed by atoms with E-state index in [1.54, 1.807) is 24.5 Å². The number of nitrogens with one attached hydrogen (secondary N) is 2. The molecule has 2 aromatic rings. The van der Waals surface area contributed by atoms with Crippen molar-refractivity contribution in [1.29, 1.82) is 0 Å². The van der Waals surface area contributed by atoms with E-state index < -0.39 is 0 Å². The lowest BCUT2D eigenvalue weighted by atomic mass is 9.95. The highest BCUT2D eigenvalue weighted by Crippen LogP contribution is 2.27. The first-order valence-electron chi connectivity index (χ1n) is 9.19. The number of hydrogen-bond acceptors (Lipinski definition) is 5. The molecule has 8 heteroatoms. The fraction of sp³-hybridized carbons (Fsp3) is 0.400. The minimum atomic E-state index is -0.289. The maximum Gasteiger partial charge on any atom is 0.250 e. The Kier molecular flexibility index (Phi) is 7.08. The van der Waals surface area contributed by atoms with Crippen LogP contribution in [0.4, 0.5) is 11.4 Å². The fourth-order valence-corrected chi connectivity index (χ4v) is 3.46. The van der Waals surface area contributed by atoms with Gasteiger partial charge in [0.25, 0.3) is 0 Å². The summed E-state index contributed by atoms with van der Waals surface area (Å²) < 4.78 is 10.2. The number of hydrogen-bond donors (Lipinski definition) is 2. The van der Waals surface area contributed by atoms with Crippen LogP contribution >= 0.6 is 11.6 Å². The Morgan fingerprint density at radius 2 is 2.04 bits per heavy atom. The predicted molar refractivity (Wildman–Crippen MR) is 107 cm³/mol. The van der Waals surface area contributed by atoms with Crippen molar-refractivity contribution in [3.05, 3.63) is 47.4 Å². The van der Waals surface area contributed by atoms with Crippen molar-refractivity contribution in [2.75, 3.05) is 37.4 Å². The van der Waals surface area contributed by atoms with Gasteiger partial charge in [0.05, 0.1) is 23.5 Å². The molecule has 1 saturated heterocycles. The summed E-state index contributed by atoms with van der Waals surface area (Å²) >= 11 is 6.21. The topological polar surface area (TPSA) is 83.8 Å². The van der Waals surface area contributed by atoms with Crippen LogP contribution in [0.25, 0.3) is 0 Å². The third-order valence-electron chi connectivity index (χ3n) is 4.70. The molecule has 0 atom stereocenters. The molecule has 1 fully saturated rings. The van der Waals surface area contributed by atoms with Crippen LogP contribution in [-0.4, -0.2) is 43.5 Å². The average molecular weight is 406 g/mol. The van der Waals surface area contributed by atoms with E-state index in [-0.39, 0.29) is 24.3 Å². The third-order valence-corrected chi connectivity index (χ3v) is 5.02. The van der Waals surface area contributed by atoms with Gasteiger partial charge in [0.1, 0.15) is 12.4 Å². The second-order valence-corrected chi connectivity index (χ2v) is 7.20. The van der Waals surface area contributed by atoms with E-state index in [1.165, 1.54) is 7.11 Å². The molecule has 0 aliphatic carbocycles. The van der Waals surface area contributed by atoms with Gasteiger partial charge in [-0.3, -0.25) is 14.5 Å². The number of halogens is 1. The van der Waals surface area contributed by atoms with Gasteiger partial charge >= 0.3 is 0 Å². The van der Waals surface area contributed by atoms with E-state index in [4.69, 9.17) is 20.8 Å². The van der Waals surface area contributed by atoms with Gasteiger partial charge in [0.15, 0.2) is 0 Å². The van der Waals surface area contributed by atoms with Crippen molar-refractivity contribution in [2.24, 2.45) is 5.92 Å². The number of rotatable bonds is 7. The maximum absolute atomic E-state index is 12.6. The summed E-state index contributed by atoms with van der Waals surface area (Å²) in [7, 11) is 1.45. The summed E-state index contributed by atoms with van der Waals surface area (Å²) in [5, 5.41) is 5.93. The van der Waals surface area contributed by atoms with E-state index >= 15 is 0 Å². The van der Waals surface area contributed by atoms with E-state index in [2.05, 4.69) is 15.5 Å². The SMILES string of the molecule is COCC(=O)Nc1ccc(NC(=O)C2CCN(Cc3ccco3)CC2)cc1Cl. The monoisotopic (exact) mass is 405 g/mol. The van der Waals surface area contributed by atoms with Crippen molar-refractivity contribution < 1.29 is 18.7 Å². The molecule has 0 radical (unpaired) electrons. The normalized spacial score (nSPS) is 15.4. The summed E-state index contributed by atoms with van der Waals surface area (Å²) in [5.74, 6) is 0.607. The van der Waals surface area contributed by atoms with E-state index in [0.29, 0.717) is 16.4 Å². The van der Waals surface area contributed by atoms with Crippen molar-refractivity contribution in [1.82, 2.24) is 4.90 Å². The fourth-order valence-electron chi connectivity index (χ4n) is 3.23. The van der Waals surface area contributed by atoms with Crippen LogP contribution in [0.3, 0.4) is 0 Å². The number of likely N-dealkylation sites (tertiary alicyclic amines) is 1. The molecule has 0 unspecified atom stereocenters. The molecule has 7 nitrogen and oxygen atoms in total. The summed E-state index contributed by atoms with van der Waals surface area (Å²) in [5.41, 5.74) is 1.09. The van der Waals surface area contributed by atoms with Crippen molar-refractivity contribution >= 4 is 34.8 Å². The first-order valence-corrected chi connectivity index (χ1v) is 9.57. The lowest BCUT2D eigenvalue weighted by Crippen LogP contribution is -2.37. The smallest absolute Gasteiger partial charge is 0.250 e. The van der Waals surface area contributed by atoms with Gasteiger partial charge in [0.2, 0.25) is 11.8 Å². The highest BCUT2D eigenvalue weighted by atomic mass is 35.5. The number of nitrogens with zero attached hydrogens (tertiary/aromatic N) is 1. The van der Waals surface area contributed by atoms with E-state index in [9.17, 15) is 9.59 Å². The zero-order chi connectivity index (χ0) is 19.9. The van der Waals surface area contributed by atoms with Gasteiger partial charge in [-0.05, 0) is 56.3 Å². The van der Waals surface area contributed by atoms with Crippen LogP contribution in [0.15, 0.2) is 41.0 Å². The lowest BCUT2D eigenvalue weighted by molar-refractivity contribution is -0.121. The number of carbonyl (C=O) groups is 2. The number of benzene rings is 1. The van der Waals surface area contributed by atoms with Gasteiger partial charge in [-0.1, -0.05) is 11.6 Å². The second-order valence-electron chi connectivity index (χ2n) is 6.79. The van der Waals surface area contributed by atoms with Crippen LogP contribution in [0.5, 0.6) is 0 Å². The first-order chi connectivity index (χ1) is 13.5. The predicted octanol–water partition coefficient (Wildman–Crippen LogP) is 3.37. The van der Waals surface area contributed by atoms with Gasteiger partial charge in [-0.25, -0.2) is 0 Å². The van der Waals surface area contributed by atoms with Gasteiger partial charge in [-0.15, -0.1) is 0 Å². The first kappa shape index (κ1) is 20.4. The molecule has 1 aliphatic heterocycles. The molecule has 1 aromatic heterocycles. The molecule has 1 aromatic carbocycles. The maximum atomic E-state index is 12.6. The summed E-state index contributed by atoms with van der Waals surface area (Å²) in [4.78, 5) is 26.4. The molecular formula is C20H24ClN3O4.